The maximum absolute atomic E-state index is 12.5. The second-order valence-electron chi connectivity index (χ2n) is 5.55. The molecule has 2 aliphatic rings. The summed E-state index contributed by atoms with van der Waals surface area (Å²) in [4.78, 5) is 15.9. The van der Waals surface area contributed by atoms with Crippen molar-refractivity contribution in [1.29, 1.82) is 5.26 Å². The lowest BCUT2D eigenvalue weighted by Crippen LogP contribution is -2.46. The number of carbonyl (C=O) groups is 1. The second kappa shape index (κ2) is 5.21. The Labute approximate surface area is 128 Å². The highest BCUT2D eigenvalue weighted by Gasteiger charge is 2.43. The van der Waals surface area contributed by atoms with E-state index in [0.29, 0.717) is 29.4 Å². The molecule has 0 spiro atoms. The molecular formula is C15H16ClN3O2. The third kappa shape index (κ3) is 2.15. The lowest BCUT2D eigenvalue weighted by Gasteiger charge is -2.31. The number of nitriles is 1. The first-order valence-corrected chi connectivity index (χ1v) is 7.37. The van der Waals surface area contributed by atoms with E-state index >= 15 is 0 Å². The molecule has 0 bridgehead atoms. The molecule has 1 aromatic rings. The molecule has 0 saturated carbocycles. The Kier molecular flexibility index (Phi) is 3.52. The van der Waals surface area contributed by atoms with Crippen LogP contribution in [-0.4, -0.2) is 41.3 Å². The first-order chi connectivity index (χ1) is 10.0. The Bertz CT molecular complexity index is 641. The van der Waals surface area contributed by atoms with Gasteiger partial charge in [0.2, 0.25) is 0 Å². The quantitative estimate of drug-likeness (QED) is 0.865. The summed E-state index contributed by atoms with van der Waals surface area (Å²) in [7, 11) is 0. The van der Waals surface area contributed by atoms with E-state index < -0.39 is 6.10 Å². The summed E-state index contributed by atoms with van der Waals surface area (Å²) in [5, 5.41) is 19.5. The molecule has 3 rings (SSSR count). The predicted molar refractivity (Wildman–Crippen MR) is 79.4 cm³/mol. The van der Waals surface area contributed by atoms with Crippen LogP contribution in [0, 0.1) is 18.3 Å². The molecular weight excluding hydrogens is 290 g/mol. The number of benzene rings is 1. The molecule has 1 N–H and O–H groups in total. The molecule has 2 aliphatic heterocycles. The Balaban J connectivity index is 1.97. The summed E-state index contributed by atoms with van der Waals surface area (Å²) in [5.74, 6) is 0. The van der Waals surface area contributed by atoms with Gasteiger partial charge in [-0.25, -0.2) is 4.79 Å². The molecule has 2 heterocycles. The minimum atomic E-state index is -0.471. The number of anilines is 1. The van der Waals surface area contributed by atoms with Crippen molar-refractivity contribution in [3.63, 3.8) is 0 Å². The van der Waals surface area contributed by atoms with Crippen LogP contribution >= 0.6 is 11.6 Å². The van der Waals surface area contributed by atoms with Gasteiger partial charge in [-0.15, -0.1) is 0 Å². The van der Waals surface area contributed by atoms with Crippen molar-refractivity contribution in [2.75, 3.05) is 18.0 Å². The number of aliphatic hydroxyl groups excluding tert-OH is 1. The predicted octanol–water partition coefficient (Wildman–Crippen LogP) is 2.29. The van der Waals surface area contributed by atoms with Crippen molar-refractivity contribution in [3.8, 4) is 6.07 Å². The van der Waals surface area contributed by atoms with E-state index in [0.717, 1.165) is 18.4 Å². The van der Waals surface area contributed by atoms with E-state index in [1.807, 2.05) is 6.07 Å². The number of nitrogens with zero attached hydrogens (tertiary/aromatic N) is 3. The molecule has 2 atom stereocenters. The fourth-order valence-electron chi connectivity index (χ4n) is 3.17. The first kappa shape index (κ1) is 14.2. The number of halogens is 1. The topological polar surface area (TPSA) is 67.6 Å². The van der Waals surface area contributed by atoms with E-state index in [1.165, 1.54) is 0 Å². The van der Waals surface area contributed by atoms with E-state index in [1.54, 1.807) is 28.9 Å². The fourth-order valence-corrected chi connectivity index (χ4v) is 3.37. The Hall–Kier alpha value is -1.77. The standard InChI is InChI=1S/C15H16ClN3O2/c1-9-11(5-4-10(7-17)14(9)16)19-8-12-13(20)3-2-6-18(12)15(19)21/h4-5,12-13,20H,2-3,6,8H2,1H3/t12-,13?/m1/s1. The molecule has 2 fully saturated rings. The normalized spacial score (nSPS) is 25.0. The zero-order valence-electron chi connectivity index (χ0n) is 11.7. The van der Waals surface area contributed by atoms with Crippen molar-refractivity contribution in [3.05, 3.63) is 28.3 Å². The minimum Gasteiger partial charge on any atom is -0.391 e. The molecule has 0 aliphatic carbocycles. The molecule has 1 aromatic carbocycles. The van der Waals surface area contributed by atoms with E-state index in [2.05, 4.69) is 0 Å². The van der Waals surface area contributed by atoms with Crippen molar-refractivity contribution >= 4 is 23.3 Å². The summed E-state index contributed by atoms with van der Waals surface area (Å²) >= 11 is 6.18. The number of fused-ring (bicyclic) bond motifs is 1. The van der Waals surface area contributed by atoms with Crippen molar-refractivity contribution in [1.82, 2.24) is 4.90 Å². The third-order valence-corrected chi connectivity index (χ3v) is 4.85. The molecule has 5 nitrogen and oxygen atoms in total. The van der Waals surface area contributed by atoms with E-state index in [-0.39, 0.29) is 12.1 Å². The fraction of sp³-hybridized carbons (Fsp3) is 0.467. The van der Waals surface area contributed by atoms with Crippen LogP contribution in [0.5, 0.6) is 0 Å². The van der Waals surface area contributed by atoms with Crippen molar-refractivity contribution in [2.45, 2.75) is 31.9 Å². The Morgan fingerprint density at radius 3 is 2.90 bits per heavy atom. The summed E-state index contributed by atoms with van der Waals surface area (Å²) in [6.07, 6.45) is 1.08. The van der Waals surface area contributed by atoms with Crippen molar-refractivity contribution < 1.29 is 9.90 Å². The van der Waals surface area contributed by atoms with Gasteiger partial charge in [0, 0.05) is 12.2 Å². The first-order valence-electron chi connectivity index (χ1n) is 7.00. The van der Waals surface area contributed by atoms with Gasteiger partial charge < -0.3 is 10.0 Å². The van der Waals surface area contributed by atoms with E-state index in [4.69, 9.17) is 16.9 Å². The van der Waals surface area contributed by atoms with Crippen LogP contribution in [0.15, 0.2) is 12.1 Å². The van der Waals surface area contributed by atoms with Gasteiger partial charge in [-0.1, -0.05) is 11.6 Å². The van der Waals surface area contributed by atoms with Gasteiger partial charge in [0.15, 0.2) is 0 Å². The summed E-state index contributed by atoms with van der Waals surface area (Å²) in [5.41, 5.74) is 1.84. The van der Waals surface area contributed by atoms with Gasteiger partial charge in [-0.2, -0.15) is 5.26 Å². The van der Waals surface area contributed by atoms with E-state index in [9.17, 15) is 9.90 Å². The highest BCUT2D eigenvalue weighted by atomic mass is 35.5. The number of piperidine rings is 1. The van der Waals surface area contributed by atoms with Crippen LogP contribution in [-0.2, 0) is 0 Å². The number of rotatable bonds is 1. The van der Waals surface area contributed by atoms with Gasteiger partial charge in [0.25, 0.3) is 0 Å². The molecule has 0 aromatic heterocycles. The number of hydrogen-bond donors (Lipinski definition) is 1. The average Bonchev–Trinajstić information content (AvgIpc) is 2.81. The van der Waals surface area contributed by atoms with Gasteiger partial charge in [0.05, 0.1) is 29.3 Å². The van der Waals surface area contributed by atoms with Gasteiger partial charge in [-0.3, -0.25) is 4.90 Å². The lowest BCUT2D eigenvalue weighted by molar-refractivity contribution is 0.0518. The molecule has 2 amide bonds. The zero-order valence-corrected chi connectivity index (χ0v) is 12.5. The van der Waals surface area contributed by atoms with Crippen LogP contribution in [0.4, 0.5) is 10.5 Å². The molecule has 110 valence electrons. The van der Waals surface area contributed by atoms with Crippen LogP contribution in [0.1, 0.15) is 24.0 Å². The highest BCUT2D eigenvalue weighted by molar-refractivity contribution is 6.33. The van der Waals surface area contributed by atoms with Gasteiger partial charge in [0.1, 0.15) is 6.07 Å². The number of amides is 2. The maximum atomic E-state index is 12.5. The molecule has 21 heavy (non-hydrogen) atoms. The molecule has 0 radical (unpaired) electrons. The SMILES string of the molecule is Cc1c(N2C[C@@H]3C(O)CCCN3C2=O)ccc(C#N)c1Cl. The largest absolute Gasteiger partial charge is 0.391 e. The molecule has 2 saturated heterocycles. The van der Waals surface area contributed by atoms with Gasteiger partial charge in [-0.05, 0) is 37.5 Å². The number of aliphatic hydroxyl groups is 1. The van der Waals surface area contributed by atoms with Gasteiger partial charge >= 0.3 is 6.03 Å². The second-order valence-corrected chi connectivity index (χ2v) is 5.92. The number of carbonyl (C=O) groups excluding carboxylic acids is 1. The highest BCUT2D eigenvalue weighted by Crippen LogP contribution is 2.35. The molecule has 6 heteroatoms. The van der Waals surface area contributed by atoms with Crippen LogP contribution in [0.2, 0.25) is 5.02 Å². The summed E-state index contributed by atoms with van der Waals surface area (Å²) in [6.45, 7) is 2.95. The van der Waals surface area contributed by atoms with Crippen LogP contribution in [0.25, 0.3) is 0 Å². The van der Waals surface area contributed by atoms with Crippen LogP contribution < -0.4 is 4.90 Å². The van der Waals surface area contributed by atoms with Crippen LogP contribution in [0.3, 0.4) is 0 Å². The lowest BCUT2D eigenvalue weighted by atomic mass is 10.0. The van der Waals surface area contributed by atoms with Crippen molar-refractivity contribution in [2.24, 2.45) is 0 Å². The summed E-state index contributed by atoms with van der Waals surface area (Å²) in [6, 6.07) is 5.17. The molecule has 1 unspecified atom stereocenters. The monoisotopic (exact) mass is 305 g/mol. The maximum Gasteiger partial charge on any atom is 0.324 e. The number of urea groups is 1. The third-order valence-electron chi connectivity index (χ3n) is 4.36. The number of hydrogen-bond acceptors (Lipinski definition) is 3. The Morgan fingerprint density at radius 2 is 2.24 bits per heavy atom. The smallest absolute Gasteiger partial charge is 0.324 e. The average molecular weight is 306 g/mol. The Morgan fingerprint density at radius 1 is 1.48 bits per heavy atom. The zero-order chi connectivity index (χ0) is 15.1. The minimum absolute atomic E-state index is 0.0948. The summed E-state index contributed by atoms with van der Waals surface area (Å²) < 4.78 is 0.